The fourth-order valence-electron chi connectivity index (χ4n) is 5.79. The molecule has 1 fully saturated rings. The summed E-state index contributed by atoms with van der Waals surface area (Å²) < 4.78 is 32.9. The number of rotatable bonds is 7. The van der Waals surface area contributed by atoms with E-state index >= 15 is 0 Å². The van der Waals surface area contributed by atoms with Gasteiger partial charge in [-0.2, -0.15) is 0 Å². The Morgan fingerprint density at radius 2 is 1.76 bits per heavy atom. The summed E-state index contributed by atoms with van der Waals surface area (Å²) >= 11 is 0. The number of nitrogens with one attached hydrogen (secondary N) is 1. The highest BCUT2D eigenvalue weighted by Gasteiger charge is 2.30. The monoisotopic (exact) mass is 516 g/mol. The van der Waals surface area contributed by atoms with E-state index in [0.717, 1.165) is 74.3 Å². The Bertz CT molecular complexity index is 1460. The molecule has 192 valence electrons. The van der Waals surface area contributed by atoms with Crippen molar-refractivity contribution in [3.8, 4) is 0 Å². The molecule has 0 radical (unpaired) electrons. The van der Waals surface area contributed by atoms with Crippen LogP contribution in [-0.2, 0) is 39.6 Å². The summed E-state index contributed by atoms with van der Waals surface area (Å²) in [6, 6.07) is 14.7. The molecule has 7 heteroatoms. The highest BCUT2D eigenvalue weighted by molar-refractivity contribution is 7.90. The first-order valence-electron chi connectivity index (χ1n) is 13.3. The molecule has 1 aromatic heterocycles. The Balaban J connectivity index is 1.36. The molecule has 2 aromatic carbocycles. The van der Waals surface area contributed by atoms with Crippen LogP contribution in [0.4, 0.5) is 5.69 Å². The molecule has 37 heavy (non-hydrogen) atoms. The number of anilines is 1. The number of nitrogens with zero attached hydrogens (tertiary/aromatic N) is 1. The maximum Gasteiger partial charge on any atom is 0.256 e. The van der Waals surface area contributed by atoms with Crippen LogP contribution in [0.15, 0.2) is 57.8 Å². The number of aryl methyl sites for hydroxylation is 1. The quantitative estimate of drug-likeness (QED) is 0.433. The van der Waals surface area contributed by atoms with Gasteiger partial charge in [0.15, 0.2) is 9.84 Å². The minimum Gasteiger partial charge on any atom is -0.461 e. The lowest BCUT2D eigenvalue weighted by molar-refractivity contribution is -0.110. The number of carbonyl (C=O) groups is 1. The first-order chi connectivity index (χ1) is 18.0. The van der Waals surface area contributed by atoms with Crippen LogP contribution < -0.4 is 5.32 Å². The average molecular weight is 517 g/mol. The molecule has 1 aliphatic carbocycles. The molecule has 1 saturated heterocycles. The van der Waals surface area contributed by atoms with E-state index in [0.29, 0.717) is 21.8 Å². The fourth-order valence-corrected chi connectivity index (χ4v) is 7.22. The van der Waals surface area contributed by atoms with Gasteiger partial charge >= 0.3 is 0 Å². The fraction of sp³-hybridized carbons (Fsp3) is 0.367. The Morgan fingerprint density at radius 1 is 0.973 bits per heavy atom. The van der Waals surface area contributed by atoms with E-state index in [9.17, 15) is 13.2 Å². The molecule has 0 saturated carbocycles. The predicted octanol–water partition coefficient (Wildman–Crippen LogP) is 5.26. The number of furan rings is 1. The van der Waals surface area contributed by atoms with Crippen molar-refractivity contribution in [3.63, 3.8) is 0 Å². The van der Waals surface area contributed by atoms with Crippen LogP contribution in [0, 0.1) is 0 Å². The number of benzene rings is 2. The van der Waals surface area contributed by atoms with Crippen molar-refractivity contribution in [1.29, 1.82) is 0 Å². The van der Waals surface area contributed by atoms with Crippen molar-refractivity contribution in [2.45, 2.75) is 55.6 Å². The summed E-state index contributed by atoms with van der Waals surface area (Å²) in [5.41, 5.74) is 5.06. The van der Waals surface area contributed by atoms with Crippen molar-refractivity contribution in [2.75, 3.05) is 25.0 Å². The van der Waals surface area contributed by atoms with Crippen molar-refractivity contribution >= 4 is 33.1 Å². The summed E-state index contributed by atoms with van der Waals surface area (Å²) in [5, 5.41) is 2.97. The van der Waals surface area contributed by atoms with E-state index in [1.54, 1.807) is 30.3 Å². The van der Waals surface area contributed by atoms with Crippen molar-refractivity contribution < 1.29 is 17.6 Å². The van der Waals surface area contributed by atoms with Gasteiger partial charge in [-0.3, -0.25) is 4.79 Å². The van der Waals surface area contributed by atoms with E-state index in [1.807, 2.05) is 12.1 Å². The summed E-state index contributed by atoms with van der Waals surface area (Å²) in [5.74, 6) is 1.03. The van der Waals surface area contributed by atoms with Crippen LogP contribution in [0.1, 0.15) is 59.5 Å². The van der Waals surface area contributed by atoms with Gasteiger partial charge in [-0.25, -0.2) is 8.42 Å². The zero-order chi connectivity index (χ0) is 25.4. The van der Waals surface area contributed by atoms with Crippen LogP contribution in [0.25, 0.3) is 11.6 Å². The molecule has 1 amide bonds. The number of sulfone groups is 1. The summed E-state index contributed by atoms with van der Waals surface area (Å²) in [6.07, 6.45) is 8.85. The third-order valence-corrected chi connectivity index (χ3v) is 9.47. The van der Waals surface area contributed by atoms with Gasteiger partial charge in [0.25, 0.3) is 5.91 Å². The standard InChI is InChI=1S/C30H32N2O4S/c33-30-25(24-18-21(12-13-27(24)31-30)14-17-32-15-6-7-16-32)19-29-26(23-10-4-5-11-28(23)36-29)20-37(34,35)22-8-2-1-3-9-22/h1-3,8-9,12-13,18-19H,4-7,10-11,14-17,20H2,(H,31,33). The lowest BCUT2D eigenvalue weighted by Gasteiger charge is -2.14. The number of amides is 1. The van der Waals surface area contributed by atoms with E-state index in [1.165, 1.54) is 18.4 Å². The smallest absolute Gasteiger partial charge is 0.256 e. The Morgan fingerprint density at radius 3 is 2.57 bits per heavy atom. The molecule has 3 aromatic rings. The second-order valence-corrected chi connectivity index (χ2v) is 12.3. The zero-order valence-electron chi connectivity index (χ0n) is 21.0. The maximum atomic E-state index is 13.3. The van der Waals surface area contributed by atoms with Crippen LogP contribution in [0.3, 0.4) is 0 Å². The largest absolute Gasteiger partial charge is 0.461 e. The van der Waals surface area contributed by atoms with Crippen LogP contribution in [-0.4, -0.2) is 38.9 Å². The van der Waals surface area contributed by atoms with E-state index < -0.39 is 9.84 Å². The third kappa shape index (κ3) is 4.90. The average Bonchev–Trinajstić information content (AvgIpc) is 3.62. The van der Waals surface area contributed by atoms with Gasteiger partial charge in [0, 0.05) is 29.8 Å². The highest BCUT2D eigenvalue weighted by Crippen LogP contribution is 2.38. The molecule has 1 N–H and O–H groups in total. The van der Waals surface area contributed by atoms with Crippen LogP contribution >= 0.6 is 0 Å². The number of hydrogen-bond acceptors (Lipinski definition) is 5. The highest BCUT2D eigenvalue weighted by atomic mass is 32.2. The molecule has 0 unspecified atom stereocenters. The predicted molar refractivity (Wildman–Crippen MR) is 145 cm³/mol. The van der Waals surface area contributed by atoms with Crippen LogP contribution in [0.5, 0.6) is 0 Å². The van der Waals surface area contributed by atoms with Gasteiger partial charge in [-0.1, -0.05) is 24.3 Å². The Labute approximate surface area is 218 Å². The van der Waals surface area contributed by atoms with Gasteiger partial charge < -0.3 is 14.6 Å². The topological polar surface area (TPSA) is 79.6 Å². The molecule has 6 nitrogen and oxygen atoms in total. The van der Waals surface area contributed by atoms with E-state index in [2.05, 4.69) is 22.3 Å². The first-order valence-corrected chi connectivity index (χ1v) is 14.9. The second-order valence-electron chi connectivity index (χ2n) is 10.3. The number of likely N-dealkylation sites (tertiary alicyclic amines) is 1. The molecule has 2 aliphatic heterocycles. The summed E-state index contributed by atoms with van der Waals surface area (Å²) in [4.78, 5) is 15.8. The number of hydrogen-bond donors (Lipinski definition) is 1. The van der Waals surface area contributed by atoms with Crippen LogP contribution in [0.2, 0.25) is 0 Å². The van der Waals surface area contributed by atoms with E-state index in [-0.39, 0.29) is 11.7 Å². The first kappa shape index (κ1) is 24.2. The molecule has 3 aliphatic rings. The summed E-state index contributed by atoms with van der Waals surface area (Å²) in [6.45, 7) is 3.34. The van der Waals surface area contributed by atoms with Crippen molar-refractivity contribution in [2.24, 2.45) is 0 Å². The summed E-state index contributed by atoms with van der Waals surface area (Å²) in [7, 11) is -3.56. The van der Waals surface area contributed by atoms with Gasteiger partial charge in [0.1, 0.15) is 11.5 Å². The molecule has 0 atom stereocenters. The minimum atomic E-state index is -3.56. The number of carbonyl (C=O) groups excluding carboxylic acids is 1. The Hall–Kier alpha value is -3.16. The molecular weight excluding hydrogens is 484 g/mol. The van der Waals surface area contributed by atoms with Crippen molar-refractivity contribution in [3.05, 3.63) is 82.3 Å². The maximum absolute atomic E-state index is 13.3. The normalized spacial score (nSPS) is 18.7. The SMILES string of the molecule is O=C1Nc2ccc(CCN3CCCC3)cc2C1=Cc1oc2c(c1CS(=O)(=O)c1ccccc1)CCCC2. The molecule has 3 heterocycles. The minimum absolute atomic E-state index is 0.140. The van der Waals surface area contributed by atoms with Gasteiger partial charge in [0.05, 0.1) is 16.2 Å². The molecular formula is C30H32N2O4S. The Kier molecular flexibility index (Phi) is 6.51. The lowest BCUT2D eigenvalue weighted by atomic mass is 9.94. The molecule has 6 rings (SSSR count). The van der Waals surface area contributed by atoms with Crippen molar-refractivity contribution in [1.82, 2.24) is 4.90 Å². The van der Waals surface area contributed by atoms with Gasteiger partial charge in [0.2, 0.25) is 0 Å². The van der Waals surface area contributed by atoms with Gasteiger partial charge in [-0.15, -0.1) is 0 Å². The number of fused-ring (bicyclic) bond motifs is 2. The molecule has 0 spiro atoms. The van der Waals surface area contributed by atoms with Gasteiger partial charge in [-0.05, 0) is 93.1 Å². The molecule has 0 bridgehead atoms. The zero-order valence-corrected chi connectivity index (χ0v) is 21.8. The second kappa shape index (κ2) is 9.95. The lowest BCUT2D eigenvalue weighted by Crippen LogP contribution is -2.21. The third-order valence-electron chi connectivity index (χ3n) is 7.81. The van der Waals surface area contributed by atoms with E-state index in [4.69, 9.17) is 4.42 Å².